The number of hydrogen-bond acceptors (Lipinski definition) is 3. The molecular formula is C17H19Cl3N2OS. The van der Waals surface area contributed by atoms with Gasteiger partial charge in [0.2, 0.25) is 0 Å². The van der Waals surface area contributed by atoms with Crippen LogP contribution in [0.5, 0.6) is 0 Å². The predicted octanol–water partition coefficient (Wildman–Crippen LogP) is 4.97. The van der Waals surface area contributed by atoms with Crippen LogP contribution in [0.25, 0.3) is 10.4 Å². The molecule has 24 heavy (non-hydrogen) atoms. The van der Waals surface area contributed by atoms with E-state index in [1.807, 2.05) is 36.2 Å². The molecule has 1 aromatic carbocycles. The summed E-state index contributed by atoms with van der Waals surface area (Å²) in [5.74, 6) is 0.0909. The van der Waals surface area contributed by atoms with E-state index in [0.717, 1.165) is 41.2 Å². The van der Waals surface area contributed by atoms with Gasteiger partial charge in [0.15, 0.2) is 0 Å². The Hall–Kier alpha value is -0.780. The van der Waals surface area contributed by atoms with Gasteiger partial charge in [0.1, 0.15) is 0 Å². The van der Waals surface area contributed by atoms with E-state index in [0.29, 0.717) is 16.1 Å². The minimum absolute atomic E-state index is 0. The molecule has 1 fully saturated rings. The molecule has 1 aliphatic heterocycles. The molecule has 1 aliphatic rings. The van der Waals surface area contributed by atoms with E-state index < -0.39 is 0 Å². The maximum atomic E-state index is 12.7. The highest BCUT2D eigenvalue weighted by atomic mass is 35.5. The second kappa shape index (κ2) is 8.54. The first kappa shape index (κ1) is 19.5. The summed E-state index contributed by atoms with van der Waals surface area (Å²) in [6.45, 7) is 1.95. The van der Waals surface area contributed by atoms with Crippen LogP contribution in [0.1, 0.15) is 22.5 Å². The van der Waals surface area contributed by atoms with Crippen molar-refractivity contribution in [2.45, 2.75) is 18.9 Å². The summed E-state index contributed by atoms with van der Waals surface area (Å²) in [6.07, 6.45) is 2.01. The van der Waals surface area contributed by atoms with Crippen LogP contribution in [-0.4, -0.2) is 37.0 Å². The minimum Gasteiger partial charge on any atom is -0.338 e. The number of amides is 1. The normalized spacial score (nSPS) is 15.0. The van der Waals surface area contributed by atoms with E-state index in [1.165, 1.54) is 11.3 Å². The van der Waals surface area contributed by atoms with Gasteiger partial charge in [-0.3, -0.25) is 4.79 Å². The van der Waals surface area contributed by atoms with Gasteiger partial charge in [-0.2, -0.15) is 0 Å². The van der Waals surface area contributed by atoms with Crippen LogP contribution in [0, 0.1) is 0 Å². The lowest BCUT2D eigenvalue weighted by molar-refractivity contribution is 0.0708. The minimum atomic E-state index is 0. The van der Waals surface area contributed by atoms with Crippen molar-refractivity contribution in [3.8, 4) is 10.4 Å². The van der Waals surface area contributed by atoms with Crippen molar-refractivity contribution in [1.29, 1.82) is 0 Å². The van der Waals surface area contributed by atoms with Crippen molar-refractivity contribution in [1.82, 2.24) is 10.2 Å². The van der Waals surface area contributed by atoms with Crippen LogP contribution in [0.4, 0.5) is 0 Å². The number of piperidine rings is 1. The average Bonchev–Trinajstić information content (AvgIpc) is 3.07. The third kappa shape index (κ3) is 4.24. The van der Waals surface area contributed by atoms with Crippen molar-refractivity contribution in [3.63, 3.8) is 0 Å². The van der Waals surface area contributed by atoms with Gasteiger partial charge in [-0.1, -0.05) is 29.3 Å². The molecule has 2 heterocycles. The summed E-state index contributed by atoms with van der Waals surface area (Å²) in [6, 6.07) is 9.71. The highest BCUT2D eigenvalue weighted by Crippen LogP contribution is 2.33. The smallest absolute Gasteiger partial charge is 0.263 e. The van der Waals surface area contributed by atoms with Crippen LogP contribution in [-0.2, 0) is 0 Å². The molecule has 3 rings (SSSR count). The Morgan fingerprint density at radius 3 is 2.54 bits per heavy atom. The lowest BCUT2D eigenvalue weighted by Crippen LogP contribution is -2.43. The third-order valence-electron chi connectivity index (χ3n) is 4.20. The number of carbonyl (C=O) groups excluding carboxylic acids is 1. The van der Waals surface area contributed by atoms with Crippen LogP contribution in [0.15, 0.2) is 30.3 Å². The van der Waals surface area contributed by atoms with Gasteiger partial charge >= 0.3 is 0 Å². The van der Waals surface area contributed by atoms with Crippen LogP contribution < -0.4 is 5.32 Å². The Balaban J connectivity index is 0.00000208. The van der Waals surface area contributed by atoms with Gasteiger partial charge < -0.3 is 10.2 Å². The first-order valence-electron chi connectivity index (χ1n) is 7.59. The fraction of sp³-hybridized carbons (Fsp3) is 0.353. The molecule has 3 nitrogen and oxygen atoms in total. The second-order valence-electron chi connectivity index (χ2n) is 5.69. The number of benzene rings is 1. The van der Waals surface area contributed by atoms with Crippen molar-refractivity contribution >= 4 is 52.9 Å². The quantitative estimate of drug-likeness (QED) is 0.782. The molecule has 0 radical (unpaired) electrons. The Kier molecular flexibility index (Phi) is 6.96. The van der Waals surface area contributed by atoms with Crippen LogP contribution in [0.3, 0.4) is 0 Å². The third-order valence-corrected chi connectivity index (χ3v) is 6.06. The zero-order chi connectivity index (χ0) is 16.4. The van der Waals surface area contributed by atoms with E-state index in [1.54, 1.807) is 6.07 Å². The molecule has 7 heteroatoms. The largest absolute Gasteiger partial charge is 0.338 e. The monoisotopic (exact) mass is 404 g/mol. The van der Waals surface area contributed by atoms with E-state index >= 15 is 0 Å². The number of rotatable bonds is 3. The average molecular weight is 406 g/mol. The summed E-state index contributed by atoms with van der Waals surface area (Å²) in [4.78, 5) is 16.3. The van der Waals surface area contributed by atoms with Gasteiger partial charge in [-0.15, -0.1) is 23.7 Å². The van der Waals surface area contributed by atoms with Gasteiger partial charge in [-0.25, -0.2) is 0 Å². The summed E-state index contributed by atoms with van der Waals surface area (Å²) in [7, 11) is 1.90. The molecule has 0 bridgehead atoms. The molecule has 0 aliphatic carbocycles. The Morgan fingerprint density at radius 2 is 1.88 bits per heavy atom. The summed E-state index contributed by atoms with van der Waals surface area (Å²) < 4.78 is 0. The molecule has 1 saturated heterocycles. The van der Waals surface area contributed by atoms with Gasteiger partial charge in [0.25, 0.3) is 5.91 Å². The predicted molar refractivity (Wildman–Crippen MR) is 105 cm³/mol. The molecule has 1 N–H and O–H groups in total. The molecular weight excluding hydrogens is 387 g/mol. The first-order chi connectivity index (χ1) is 11.1. The Bertz CT molecular complexity index is 714. The highest BCUT2D eigenvalue weighted by molar-refractivity contribution is 7.17. The number of hydrogen-bond donors (Lipinski definition) is 1. The Morgan fingerprint density at radius 1 is 1.17 bits per heavy atom. The van der Waals surface area contributed by atoms with E-state index in [4.69, 9.17) is 23.2 Å². The van der Waals surface area contributed by atoms with Crippen molar-refractivity contribution in [2.75, 3.05) is 20.1 Å². The summed E-state index contributed by atoms with van der Waals surface area (Å²) in [5, 5.41) is 4.39. The fourth-order valence-electron chi connectivity index (χ4n) is 2.79. The second-order valence-corrected chi connectivity index (χ2v) is 7.59. The first-order valence-corrected chi connectivity index (χ1v) is 9.16. The lowest BCUT2D eigenvalue weighted by atomic mass is 10.1. The number of carbonyl (C=O) groups is 1. The summed E-state index contributed by atoms with van der Waals surface area (Å²) in [5.41, 5.74) is 0.980. The molecule has 0 saturated carbocycles. The zero-order valence-electron chi connectivity index (χ0n) is 13.2. The number of nitrogens with one attached hydrogen (secondary N) is 1. The van der Waals surface area contributed by atoms with E-state index in [9.17, 15) is 4.79 Å². The van der Waals surface area contributed by atoms with Gasteiger partial charge in [-0.05, 0) is 55.8 Å². The highest BCUT2D eigenvalue weighted by Gasteiger charge is 2.24. The summed E-state index contributed by atoms with van der Waals surface area (Å²) >= 11 is 13.5. The van der Waals surface area contributed by atoms with Crippen molar-refractivity contribution in [2.24, 2.45) is 0 Å². The number of thiophene rings is 1. The molecule has 1 amide bonds. The lowest BCUT2D eigenvalue weighted by Gasteiger charge is -2.31. The van der Waals surface area contributed by atoms with Crippen molar-refractivity contribution in [3.05, 3.63) is 45.3 Å². The molecule has 0 atom stereocenters. The van der Waals surface area contributed by atoms with Crippen LogP contribution in [0.2, 0.25) is 10.0 Å². The molecule has 1 aromatic heterocycles. The molecule has 2 aromatic rings. The SMILES string of the molecule is CN(C(=O)c1ccc(-c2ccc(Cl)c(Cl)c2)s1)C1CCNCC1.Cl. The molecule has 0 spiro atoms. The topological polar surface area (TPSA) is 32.3 Å². The maximum absolute atomic E-state index is 12.7. The van der Waals surface area contributed by atoms with Crippen LogP contribution >= 0.6 is 46.9 Å². The molecule has 0 unspecified atom stereocenters. The van der Waals surface area contributed by atoms with Gasteiger partial charge in [0.05, 0.1) is 14.9 Å². The number of nitrogens with zero attached hydrogens (tertiary/aromatic N) is 1. The van der Waals surface area contributed by atoms with Gasteiger partial charge in [0, 0.05) is 18.0 Å². The molecule has 130 valence electrons. The maximum Gasteiger partial charge on any atom is 0.263 e. The zero-order valence-corrected chi connectivity index (χ0v) is 16.4. The Labute approximate surface area is 162 Å². The van der Waals surface area contributed by atoms with E-state index in [-0.39, 0.29) is 18.3 Å². The van der Waals surface area contributed by atoms with Crippen molar-refractivity contribution < 1.29 is 4.79 Å². The standard InChI is InChI=1S/C17H18Cl2N2OS.ClH/c1-21(12-6-8-20-9-7-12)17(22)16-5-4-15(23-16)11-2-3-13(18)14(19)10-11;/h2-5,10,12,20H,6-9H2,1H3;1H. The van der Waals surface area contributed by atoms with E-state index in [2.05, 4.69) is 5.32 Å². The fourth-order valence-corrected chi connectivity index (χ4v) is 4.07. The number of halogens is 3.